The molecule has 0 unspecified atom stereocenters. The summed E-state index contributed by atoms with van der Waals surface area (Å²) in [7, 11) is 3.56. The van der Waals surface area contributed by atoms with Crippen LogP contribution in [0.5, 0.6) is 0 Å². The second-order valence-electron chi connectivity index (χ2n) is 4.73. The van der Waals surface area contributed by atoms with E-state index in [1.807, 2.05) is 31.3 Å². The molecule has 0 aromatic heterocycles. The van der Waals surface area contributed by atoms with Crippen molar-refractivity contribution >= 4 is 5.91 Å². The lowest BCUT2D eigenvalue weighted by molar-refractivity contribution is 0.0688. The van der Waals surface area contributed by atoms with Crippen LogP contribution in [0.1, 0.15) is 22.3 Å². The summed E-state index contributed by atoms with van der Waals surface area (Å²) in [5.74, 6) is -0.0152. The van der Waals surface area contributed by atoms with Gasteiger partial charge in [-0.3, -0.25) is 4.79 Å². The van der Waals surface area contributed by atoms with E-state index in [2.05, 4.69) is 10.6 Å². The minimum Gasteiger partial charge on any atom is -0.382 e. The van der Waals surface area contributed by atoms with Crippen molar-refractivity contribution in [1.29, 1.82) is 0 Å². The van der Waals surface area contributed by atoms with E-state index in [0.29, 0.717) is 26.4 Å². The summed E-state index contributed by atoms with van der Waals surface area (Å²) in [5.41, 5.74) is 1.83. The Morgan fingerprint density at radius 1 is 1.14 bits per heavy atom. The van der Waals surface area contributed by atoms with Gasteiger partial charge in [0.2, 0.25) is 0 Å². The Morgan fingerprint density at radius 3 is 2.71 bits per heavy atom. The first-order chi connectivity index (χ1) is 10.3. The van der Waals surface area contributed by atoms with Crippen molar-refractivity contribution in [1.82, 2.24) is 10.6 Å². The molecule has 0 radical (unpaired) electrons. The number of amides is 1. The highest BCUT2D eigenvalue weighted by molar-refractivity contribution is 5.95. The highest BCUT2D eigenvalue weighted by Crippen LogP contribution is 2.09. The lowest BCUT2D eigenvalue weighted by Crippen LogP contribution is -2.27. The van der Waals surface area contributed by atoms with Gasteiger partial charge in [0, 0.05) is 25.8 Å². The normalized spacial score (nSPS) is 10.6. The van der Waals surface area contributed by atoms with Crippen molar-refractivity contribution in [3.05, 3.63) is 35.4 Å². The number of rotatable bonds is 11. The summed E-state index contributed by atoms with van der Waals surface area (Å²) >= 11 is 0. The molecule has 118 valence electrons. The number of nitrogens with one attached hydrogen (secondary N) is 2. The molecule has 0 saturated carbocycles. The molecular weight excluding hydrogens is 268 g/mol. The van der Waals surface area contributed by atoms with E-state index in [4.69, 9.17) is 9.47 Å². The Labute approximate surface area is 127 Å². The van der Waals surface area contributed by atoms with Gasteiger partial charge in [-0.25, -0.2) is 0 Å². The van der Waals surface area contributed by atoms with Crippen molar-refractivity contribution in [3.63, 3.8) is 0 Å². The molecule has 0 saturated heterocycles. The van der Waals surface area contributed by atoms with E-state index in [1.54, 1.807) is 7.11 Å². The van der Waals surface area contributed by atoms with Crippen molar-refractivity contribution < 1.29 is 14.3 Å². The third-order valence-electron chi connectivity index (χ3n) is 3.09. The summed E-state index contributed by atoms with van der Waals surface area (Å²) in [6, 6.07) is 7.73. The molecule has 1 amide bonds. The first-order valence-electron chi connectivity index (χ1n) is 7.37. The number of carbonyl (C=O) groups excluding carboxylic acids is 1. The van der Waals surface area contributed by atoms with Crippen LogP contribution in [0.2, 0.25) is 0 Å². The quantitative estimate of drug-likeness (QED) is 0.603. The van der Waals surface area contributed by atoms with Crippen LogP contribution in [0.4, 0.5) is 0 Å². The van der Waals surface area contributed by atoms with Crippen LogP contribution in [-0.2, 0) is 15.9 Å². The third kappa shape index (κ3) is 7.22. The fourth-order valence-corrected chi connectivity index (χ4v) is 1.94. The lowest BCUT2D eigenvalue weighted by atomic mass is 10.0. The minimum absolute atomic E-state index is 0.0152. The van der Waals surface area contributed by atoms with Crippen molar-refractivity contribution in [2.75, 3.05) is 47.1 Å². The standard InChI is InChI=1S/C16H26N2O3/c1-17-10-8-14-6-3-4-7-15(14)16(19)18-9-5-11-21-13-12-20-2/h3-4,6-7,17H,5,8-13H2,1-2H3,(H,18,19). The molecule has 0 atom stereocenters. The maximum Gasteiger partial charge on any atom is 0.251 e. The molecule has 1 rings (SSSR count). The highest BCUT2D eigenvalue weighted by Gasteiger charge is 2.09. The number of hydrogen-bond donors (Lipinski definition) is 2. The minimum atomic E-state index is -0.0152. The van der Waals surface area contributed by atoms with Gasteiger partial charge < -0.3 is 20.1 Å². The molecule has 0 heterocycles. The van der Waals surface area contributed by atoms with Gasteiger partial charge in [-0.1, -0.05) is 18.2 Å². The van der Waals surface area contributed by atoms with Crippen LogP contribution in [0.15, 0.2) is 24.3 Å². The zero-order valence-corrected chi connectivity index (χ0v) is 13.0. The van der Waals surface area contributed by atoms with Crippen LogP contribution in [0, 0.1) is 0 Å². The van der Waals surface area contributed by atoms with Gasteiger partial charge in [0.05, 0.1) is 13.2 Å². The molecular formula is C16H26N2O3. The van der Waals surface area contributed by atoms with Crippen molar-refractivity contribution in [3.8, 4) is 0 Å². The molecule has 0 spiro atoms. The van der Waals surface area contributed by atoms with E-state index in [-0.39, 0.29) is 5.91 Å². The molecule has 0 aliphatic rings. The predicted molar refractivity (Wildman–Crippen MR) is 83.7 cm³/mol. The first kappa shape index (κ1) is 17.6. The number of benzene rings is 1. The molecule has 5 nitrogen and oxygen atoms in total. The van der Waals surface area contributed by atoms with E-state index in [9.17, 15) is 4.79 Å². The summed E-state index contributed by atoms with van der Waals surface area (Å²) in [5, 5.41) is 6.04. The van der Waals surface area contributed by atoms with E-state index in [0.717, 1.165) is 30.5 Å². The van der Waals surface area contributed by atoms with Crippen LogP contribution in [0.3, 0.4) is 0 Å². The Hall–Kier alpha value is -1.43. The predicted octanol–water partition coefficient (Wildman–Crippen LogP) is 1.23. The van der Waals surface area contributed by atoms with Gasteiger partial charge in [0.15, 0.2) is 0 Å². The molecule has 1 aromatic rings. The SMILES string of the molecule is CNCCc1ccccc1C(=O)NCCCOCCOC. The molecule has 21 heavy (non-hydrogen) atoms. The molecule has 2 N–H and O–H groups in total. The monoisotopic (exact) mass is 294 g/mol. The maximum absolute atomic E-state index is 12.2. The third-order valence-corrected chi connectivity index (χ3v) is 3.09. The Bertz CT molecular complexity index is 410. The van der Waals surface area contributed by atoms with Gasteiger partial charge in [0.25, 0.3) is 5.91 Å². The fourth-order valence-electron chi connectivity index (χ4n) is 1.94. The van der Waals surface area contributed by atoms with Gasteiger partial charge >= 0.3 is 0 Å². The van der Waals surface area contributed by atoms with Gasteiger partial charge in [-0.15, -0.1) is 0 Å². The Balaban J connectivity index is 2.31. The molecule has 5 heteroatoms. The summed E-state index contributed by atoms with van der Waals surface area (Å²) in [4.78, 5) is 12.2. The van der Waals surface area contributed by atoms with Gasteiger partial charge in [-0.2, -0.15) is 0 Å². The van der Waals surface area contributed by atoms with Crippen LogP contribution >= 0.6 is 0 Å². The number of carbonyl (C=O) groups is 1. The number of hydrogen-bond acceptors (Lipinski definition) is 4. The smallest absolute Gasteiger partial charge is 0.251 e. The number of likely N-dealkylation sites (N-methyl/N-ethyl adjacent to an activating group) is 1. The molecule has 0 fully saturated rings. The van der Waals surface area contributed by atoms with E-state index < -0.39 is 0 Å². The zero-order valence-electron chi connectivity index (χ0n) is 13.0. The first-order valence-corrected chi connectivity index (χ1v) is 7.37. The molecule has 1 aromatic carbocycles. The second kappa shape index (κ2) is 11.3. The van der Waals surface area contributed by atoms with Crippen molar-refractivity contribution in [2.24, 2.45) is 0 Å². The maximum atomic E-state index is 12.2. The average molecular weight is 294 g/mol. The fraction of sp³-hybridized carbons (Fsp3) is 0.562. The number of ether oxygens (including phenoxy) is 2. The van der Waals surface area contributed by atoms with Crippen LogP contribution in [0.25, 0.3) is 0 Å². The topological polar surface area (TPSA) is 59.6 Å². The van der Waals surface area contributed by atoms with Crippen LogP contribution < -0.4 is 10.6 Å². The molecule has 0 bridgehead atoms. The lowest BCUT2D eigenvalue weighted by Gasteiger charge is -2.10. The van der Waals surface area contributed by atoms with Crippen molar-refractivity contribution in [2.45, 2.75) is 12.8 Å². The highest BCUT2D eigenvalue weighted by atomic mass is 16.5. The van der Waals surface area contributed by atoms with Gasteiger partial charge in [-0.05, 0) is 38.1 Å². The van der Waals surface area contributed by atoms with Crippen LogP contribution in [-0.4, -0.2) is 53.0 Å². The Morgan fingerprint density at radius 2 is 1.95 bits per heavy atom. The number of methoxy groups -OCH3 is 1. The zero-order chi connectivity index (χ0) is 15.3. The van der Waals surface area contributed by atoms with Gasteiger partial charge in [0.1, 0.15) is 0 Å². The largest absolute Gasteiger partial charge is 0.382 e. The Kier molecular flexibility index (Phi) is 9.44. The average Bonchev–Trinajstić information content (AvgIpc) is 2.52. The summed E-state index contributed by atoms with van der Waals surface area (Å²) in [6.07, 6.45) is 1.65. The molecule has 0 aliphatic heterocycles. The molecule has 0 aliphatic carbocycles. The second-order valence-corrected chi connectivity index (χ2v) is 4.73. The van der Waals surface area contributed by atoms with E-state index in [1.165, 1.54) is 0 Å². The summed E-state index contributed by atoms with van der Waals surface area (Å²) < 4.78 is 10.2. The van der Waals surface area contributed by atoms with E-state index >= 15 is 0 Å². The summed E-state index contributed by atoms with van der Waals surface area (Å²) in [6.45, 7) is 3.30.